The highest BCUT2D eigenvalue weighted by Gasteiger charge is 2.42. The molecule has 11 heteroatoms. The summed E-state index contributed by atoms with van der Waals surface area (Å²) in [5.74, 6) is 0.123. The molecular formula is C25H23N3O5S3. The maximum atomic E-state index is 13.6. The molecule has 8 nitrogen and oxygen atoms in total. The number of aryl methyl sites for hydroxylation is 2. The van der Waals surface area contributed by atoms with Gasteiger partial charge >= 0.3 is 0 Å². The average molecular weight is 542 g/mol. The monoisotopic (exact) mass is 541 g/mol. The van der Waals surface area contributed by atoms with Gasteiger partial charge in [0.25, 0.3) is 11.5 Å². The van der Waals surface area contributed by atoms with Crippen LogP contribution in [0.25, 0.3) is 11.7 Å². The minimum Gasteiger partial charge on any atom is -0.438 e. The van der Waals surface area contributed by atoms with Crippen molar-refractivity contribution >= 4 is 55.8 Å². The number of carbonyl (C=O) groups is 1. The minimum absolute atomic E-state index is 0.0247. The van der Waals surface area contributed by atoms with Gasteiger partial charge in [-0.15, -0.1) is 0 Å². The highest BCUT2D eigenvalue weighted by atomic mass is 32.2. The van der Waals surface area contributed by atoms with Gasteiger partial charge in [0.2, 0.25) is 5.88 Å². The molecule has 4 heterocycles. The van der Waals surface area contributed by atoms with Crippen molar-refractivity contribution in [3.8, 4) is 11.6 Å². The Morgan fingerprint density at radius 1 is 1.14 bits per heavy atom. The van der Waals surface area contributed by atoms with E-state index in [0.717, 1.165) is 28.5 Å². The maximum Gasteiger partial charge on any atom is 0.269 e. The van der Waals surface area contributed by atoms with Gasteiger partial charge in [0.05, 0.1) is 22.5 Å². The molecule has 2 aromatic heterocycles. The summed E-state index contributed by atoms with van der Waals surface area (Å²) in [6, 6.07) is 8.72. The van der Waals surface area contributed by atoms with Crippen LogP contribution in [0.3, 0.4) is 0 Å². The van der Waals surface area contributed by atoms with Gasteiger partial charge in [-0.3, -0.25) is 18.9 Å². The fourth-order valence-corrected chi connectivity index (χ4v) is 7.42. The standard InChI is InChI=1S/C25H23N3O5S3/c1-14-6-4-8-19(16(14)3)33-22-18(23(29)27-10-5-7-15(2)21(27)26-22)12-20-24(30)28(25(34)35-20)17-9-11-36(31,32)13-17/h4-8,10,12,17H,9,11,13H2,1-3H3/b20-12+. The van der Waals surface area contributed by atoms with Crippen LogP contribution in [0.4, 0.5) is 0 Å². The molecule has 0 spiro atoms. The molecule has 0 bridgehead atoms. The third-order valence-corrected chi connectivity index (χ3v) is 9.56. The lowest BCUT2D eigenvalue weighted by Crippen LogP contribution is -2.39. The Kier molecular flexibility index (Phi) is 6.26. The number of fused-ring (bicyclic) bond motifs is 1. The molecule has 1 atom stereocenters. The lowest BCUT2D eigenvalue weighted by molar-refractivity contribution is -0.123. The fraction of sp³-hybridized carbons (Fsp3) is 0.280. The van der Waals surface area contributed by atoms with Gasteiger partial charge in [-0.2, -0.15) is 4.98 Å². The predicted molar refractivity (Wildman–Crippen MR) is 144 cm³/mol. The van der Waals surface area contributed by atoms with E-state index in [9.17, 15) is 18.0 Å². The van der Waals surface area contributed by atoms with E-state index in [2.05, 4.69) is 4.98 Å². The van der Waals surface area contributed by atoms with Crippen LogP contribution in [0, 0.1) is 20.8 Å². The first-order chi connectivity index (χ1) is 17.1. The summed E-state index contributed by atoms with van der Waals surface area (Å²) in [6.07, 6.45) is 3.40. The lowest BCUT2D eigenvalue weighted by Gasteiger charge is -2.20. The summed E-state index contributed by atoms with van der Waals surface area (Å²) in [5, 5.41) is 0. The largest absolute Gasteiger partial charge is 0.438 e. The molecule has 2 saturated heterocycles. The van der Waals surface area contributed by atoms with Gasteiger partial charge in [-0.1, -0.05) is 42.2 Å². The van der Waals surface area contributed by atoms with Crippen LogP contribution in [0.5, 0.6) is 11.6 Å². The smallest absolute Gasteiger partial charge is 0.269 e. The number of benzene rings is 1. The molecule has 0 saturated carbocycles. The molecule has 3 aromatic rings. The molecule has 0 aliphatic carbocycles. The molecule has 0 N–H and O–H groups in total. The number of hydrogen-bond acceptors (Lipinski definition) is 8. The Morgan fingerprint density at radius 3 is 2.61 bits per heavy atom. The second-order valence-electron chi connectivity index (χ2n) is 8.93. The normalized spacial score (nSPS) is 20.6. The second kappa shape index (κ2) is 9.13. The summed E-state index contributed by atoms with van der Waals surface area (Å²) >= 11 is 6.46. The van der Waals surface area contributed by atoms with Gasteiger partial charge in [0.1, 0.15) is 21.3 Å². The molecule has 2 fully saturated rings. The molecule has 1 amide bonds. The van der Waals surface area contributed by atoms with Crippen molar-refractivity contribution in [1.82, 2.24) is 14.3 Å². The van der Waals surface area contributed by atoms with Crippen LogP contribution in [0.15, 0.2) is 46.2 Å². The number of ether oxygens (including phenoxy) is 1. The first kappa shape index (κ1) is 24.7. The Bertz CT molecular complexity index is 1640. The number of thiocarbonyl (C=S) groups is 1. The van der Waals surface area contributed by atoms with E-state index in [1.54, 1.807) is 18.3 Å². The van der Waals surface area contributed by atoms with Gasteiger partial charge in [-0.25, -0.2) is 8.42 Å². The van der Waals surface area contributed by atoms with Crippen molar-refractivity contribution in [2.45, 2.75) is 33.2 Å². The molecule has 5 rings (SSSR count). The van der Waals surface area contributed by atoms with E-state index in [-0.39, 0.29) is 32.2 Å². The summed E-state index contributed by atoms with van der Waals surface area (Å²) in [5.41, 5.74) is 2.89. The number of thioether (sulfide) groups is 1. The van der Waals surface area contributed by atoms with Crippen LogP contribution in [-0.4, -0.2) is 50.5 Å². The number of amides is 1. The van der Waals surface area contributed by atoms with Crippen LogP contribution in [0.2, 0.25) is 0 Å². The SMILES string of the molecule is Cc1cccc(Oc2nc3c(C)cccn3c(=O)c2/C=C2/SC(=S)N(C3CCS(=O)(=O)C3)C2=O)c1C. The molecule has 2 aliphatic rings. The Morgan fingerprint density at radius 2 is 1.89 bits per heavy atom. The van der Waals surface area contributed by atoms with E-state index in [1.807, 2.05) is 39.0 Å². The van der Waals surface area contributed by atoms with Crippen molar-refractivity contribution in [1.29, 1.82) is 0 Å². The summed E-state index contributed by atoms with van der Waals surface area (Å²) in [7, 11) is -3.21. The molecule has 2 aliphatic heterocycles. The van der Waals surface area contributed by atoms with E-state index in [0.29, 0.717) is 17.8 Å². The van der Waals surface area contributed by atoms with Crippen LogP contribution in [-0.2, 0) is 14.6 Å². The zero-order valence-corrected chi connectivity index (χ0v) is 22.3. The number of aromatic nitrogens is 2. The quantitative estimate of drug-likeness (QED) is 0.363. The predicted octanol–water partition coefficient (Wildman–Crippen LogP) is 3.80. The highest BCUT2D eigenvalue weighted by Crippen LogP contribution is 2.37. The van der Waals surface area contributed by atoms with Crippen molar-refractivity contribution in [2.75, 3.05) is 11.5 Å². The molecule has 36 heavy (non-hydrogen) atoms. The van der Waals surface area contributed by atoms with E-state index < -0.39 is 27.3 Å². The minimum atomic E-state index is -3.21. The average Bonchev–Trinajstić information content (AvgIpc) is 3.31. The fourth-order valence-electron chi connectivity index (χ4n) is 4.34. The van der Waals surface area contributed by atoms with Gasteiger partial charge < -0.3 is 4.74 Å². The maximum absolute atomic E-state index is 13.6. The zero-order chi connectivity index (χ0) is 25.8. The van der Waals surface area contributed by atoms with Crippen LogP contribution < -0.4 is 10.3 Å². The van der Waals surface area contributed by atoms with Gasteiger partial charge in [0, 0.05) is 6.20 Å². The number of carbonyl (C=O) groups excluding carboxylic acids is 1. The molecule has 0 radical (unpaired) electrons. The van der Waals surface area contributed by atoms with E-state index in [4.69, 9.17) is 17.0 Å². The van der Waals surface area contributed by atoms with Crippen molar-refractivity contribution < 1.29 is 17.9 Å². The van der Waals surface area contributed by atoms with Crippen LogP contribution in [0.1, 0.15) is 28.7 Å². The summed E-state index contributed by atoms with van der Waals surface area (Å²) in [4.78, 5) is 33.1. The number of sulfone groups is 1. The number of nitrogens with zero attached hydrogens (tertiary/aromatic N) is 3. The number of rotatable bonds is 4. The van der Waals surface area contributed by atoms with Gasteiger partial charge in [0.15, 0.2) is 9.84 Å². The third-order valence-electron chi connectivity index (χ3n) is 6.48. The van der Waals surface area contributed by atoms with Gasteiger partial charge in [-0.05, 0) is 62.1 Å². The zero-order valence-electron chi connectivity index (χ0n) is 19.8. The summed E-state index contributed by atoms with van der Waals surface area (Å²) in [6.45, 7) is 5.73. The number of hydrogen-bond donors (Lipinski definition) is 0. The molecule has 1 aromatic carbocycles. The first-order valence-electron chi connectivity index (χ1n) is 11.3. The molecular weight excluding hydrogens is 518 g/mol. The van der Waals surface area contributed by atoms with Crippen molar-refractivity contribution in [3.63, 3.8) is 0 Å². The van der Waals surface area contributed by atoms with E-state index in [1.165, 1.54) is 15.4 Å². The van der Waals surface area contributed by atoms with Crippen LogP contribution >= 0.6 is 24.0 Å². The first-order valence-corrected chi connectivity index (χ1v) is 14.3. The van der Waals surface area contributed by atoms with Crippen molar-refractivity contribution in [3.05, 3.63) is 74.0 Å². The van der Waals surface area contributed by atoms with E-state index >= 15 is 0 Å². The van der Waals surface area contributed by atoms with Crippen molar-refractivity contribution in [2.24, 2.45) is 0 Å². The Balaban J connectivity index is 1.63. The second-order valence-corrected chi connectivity index (χ2v) is 12.8. The Labute approximate surface area is 217 Å². The Hall–Kier alpha value is -3.02. The topological polar surface area (TPSA) is 98.1 Å². The summed E-state index contributed by atoms with van der Waals surface area (Å²) < 4.78 is 31.8. The molecule has 1 unspecified atom stereocenters. The molecule has 186 valence electrons. The third kappa shape index (κ3) is 4.35. The lowest BCUT2D eigenvalue weighted by atomic mass is 10.1. The highest BCUT2D eigenvalue weighted by molar-refractivity contribution is 8.26. The number of pyridine rings is 1.